The number of nitrogens with zero attached hydrogens (tertiary/aromatic N) is 3. The molecule has 0 aromatic carbocycles. The molecule has 0 radical (unpaired) electrons. The zero-order valence-electron chi connectivity index (χ0n) is 27.3. The summed E-state index contributed by atoms with van der Waals surface area (Å²) < 4.78 is 17.0. The first-order valence-electron chi connectivity index (χ1n) is 15.6. The minimum atomic E-state index is -0.586. The highest BCUT2D eigenvalue weighted by molar-refractivity contribution is 5.69. The van der Waals surface area contributed by atoms with Crippen molar-refractivity contribution in [3.05, 3.63) is 0 Å². The maximum absolute atomic E-state index is 13.1. The molecule has 2 aliphatic heterocycles. The molecular formula is C31H58N4O6. The van der Waals surface area contributed by atoms with Crippen LogP contribution in [0.15, 0.2) is 0 Å². The smallest absolute Gasteiger partial charge is 0.410 e. The second-order valence-corrected chi connectivity index (χ2v) is 14.7. The molecule has 0 unspecified atom stereocenters. The highest BCUT2D eigenvalue weighted by Gasteiger charge is 2.30. The van der Waals surface area contributed by atoms with Gasteiger partial charge in [0, 0.05) is 39.3 Å². The van der Waals surface area contributed by atoms with E-state index in [1.54, 1.807) is 4.90 Å². The number of carbonyl (C=O) groups is 3. The molecule has 0 atom stereocenters. The third-order valence-corrected chi connectivity index (χ3v) is 7.09. The van der Waals surface area contributed by atoms with E-state index in [1.165, 1.54) is 0 Å². The molecule has 10 heteroatoms. The van der Waals surface area contributed by atoms with Gasteiger partial charge in [0.05, 0.1) is 0 Å². The van der Waals surface area contributed by atoms with Gasteiger partial charge in [0.2, 0.25) is 0 Å². The van der Waals surface area contributed by atoms with Crippen LogP contribution in [-0.4, -0.2) is 102 Å². The Morgan fingerprint density at radius 2 is 1.05 bits per heavy atom. The van der Waals surface area contributed by atoms with Gasteiger partial charge >= 0.3 is 18.3 Å². The van der Waals surface area contributed by atoms with E-state index in [0.717, 1.165) is 51.6 Å². The third kappa shape index (κ3) is 14.5. The Hall–Kier alpha value is -2.23. The summed E-state index contributed by atoms with van der Waals surface area (Å²) in [6.45, 7) is 22.5. The van der Waals surface area contributed by atoms with E-state index in [0.29, 0.717) is 45.2 Å². The van der Waals surface area contributed by atoms with Crippen molar-refractivity contribution in [2.45, 2.75) is 118 Å². The van der Waals surface area contributed by atoms with Crippen LogP contribution in [0, 0.1) is 11.8 Å². The lowest BCUT2D eigenvalue weighted by Crippen LogP contribution is -2.45. The molecule has 2 rings (SSSR count). The number of hydrogen-bond acceptors (Lipinski definition) is 7. The van der Waals surface area contributed by atoms with Gasteiger partial charge in [-0.15, -0.1) is 0 Å². The molecule has 2 heterocycles. The second kappa shape index (κ2) is 15.3. The number of hydrogen-bond donors (Lipinski definition) is 1. The van der Waals surface area contributed by atoms with Crippen molar-refractivity contribution >= 4 is 18.3 Å². The summed E-state index contributed by atoms with van der Waals surface area (Å²) >= 11 is 0. The van der Waals surface area contributed by atoms with Gasteiger partial charge in [-0.25, -0.2) is 14.4 Å². The summed E-state index contributed by atoms with van der Waals surface area (Å²) in [7, 11) is 0. The highest BCUT2D eigenvalue weighted by Crippen LogP contribution is 2.23. The molecule has 0 aliphatic carbocycles. The number of likely N-dealkylation sites (tertiary alicyclic amines) is 1. The topological polar surface area (TPSA) is 101 Å². The van der Waals surface area contributed by atoms with Crippen molar-refractivity contribution in [2.24, 2.45) is 11.8 Å². The summed E-state index contributed by atoms with van der Waals surface area (Å²) in [5.74, 6) is 0.743. The van der Waals surface area contributed by atoms with E-state index in [9.17, 15) is 14.4 Å². The van der Waals surface area contributed by atoms with Gasteiger partial charge < -0.3 is 34.2 Å². The lowest BCUT2D eigenvalue weighted by Gasteiger charge is -2.36. The Bertz CT molecular complexity index is 831. The van der Waals surface area contributed by atoms with Crippen LogP contribution < -0.4 is 5.32 Å². The summed E-state index contributed by atoms with van der Waals surface area (Å²) in [4.78, 5) is 44.0. The van der Waals surface area contributed by atoms with Crippen molar-refractivity contribution in [2.75, 3.05) is 52.4 Å². The van der Waals surface area contributed by atoms with Crippen molar-refractivity contribution in [1.82, 2.24) is 20.0 Å². The van der Waals surface area contributed by atoms with E-state index >= 15 is 0 Å². The summed E-state index contributed by atoms with van der Waals surface area (Å²) in [5.41, 5.74) is -1.65. The van der Waals surface area contributed by atoms with Crippen LogP contribution >= 0.6 is 0 Å². The van der Waals surface area contributed by atoms with Gasteiger partial charge in [0.15, 0.2) is 0 Å². The van der Waals surface area contributed by atoms with Crippen LogP contribution in [0.3, 0.4) is 0 Å². The Morgan fingerprint density at radius 3 is 1.44 bits per heavy atom. The van der Waals surface area contributed by atoms with E-state index in [2.05, 4.69) is 5.32 Å². The van der Waals surface area contributed by atoms with Crippen LogP contribution in [0.5, 0.6) is 0 Å². The maximum atomic E-state index is 13.1. The normalized spacial score (nSPS) is 17.6. The summed E-state index contributed by atoms with van der Waals surface area (Å²) in [5, 5.41) is 3.39. The van der Waals surface area contributed by atoms with E-state index < -0.39 is 16.8 Å². The number of amides is 3. The van der Waals surface area contributed by atoms with Crippen molar-refractivity contribution < 1.29 is 28.6 Å². The van der Waals surface area contributed by atoms with Crippen LogP contribution in [0.1, 0.15) is 101 Å². The van der Waals surface area contributed by atoms with Crippen molar-refractivity contribution in [3.63, 3.8) is 0 Å². The van der Waals surface area contributed by atoms with Crippen LogP contribution in [0.25, 0.3) is 0 Å². The monoisotopic (exact) mass is 582 g/mol. The average molecular weight is 583 g/mol. The molecule has 41 heavy (non-hydrogen) atoms. The van der Waals surface area contributed by atoms with Gasteiger partial charge in [-0.05, 0) is 126 Å². The largest absolute Gasteiger partial charge is 0.444 e. The molecule has 238 valence electrons. The number of carbonyl (C=O) groups excluding carboxylic acids is 3. The molecule has 10 nitrogen and oxygen atoms in total. The maximum Gasteiger partial charge on any atom is 0.410 e. The molecule has 0 aromatic heterocycles. The number of nitrogens with one attached hydrogen (secondary N) is 1. The Kier molecular flexibility index (Phi) is 13.1. The fraction of sp³-hybridized carbons (Fsp3) is 0.903. The van der Waals surface area contributed by atoms with Gasteiger partial charge in [-0.1, -0.05) is 0 Å². The fourth-order valence-corrected chi connectivity index (χ4v) is 5.08. The van der Waals surface area contributed by atoms with Gasteiger partial charge in [0.25, 0.3) is 0 Å². The quantitative estimate of drug-likeness (QED) is 0.267. The molecule has 0 bridgehead atoms. The number of rotatable bonds is 9. The number of piperidine rings is 2. The lowest BCUT2D eigenvalue weighted by molar-refractivity contribution is 0.00922. The number of unbranched alkanes of at least 4 members (excludes halogenated alkanes) is 1. The predicted molar refractivity (Wildman–Crippen MR) is 161 cm³/mol. The van der Waals surface area contributed by atoms with Crippen molar-refractivity contribution in [3.8, 4) is 0 Å². The Balaban J connectivity index is 1.94. The first-order valence-corrected chi connectivity index (χ1v) is 15.6. The molecule has 2 aliphatic rings. The van der Waals surface area contributed by atoms with Crippen LogP contribution in [0.4, 0.5) is 14.4 Å². The Morgan fingerprint density at radius 1 is 0.659 bits per heavy atom. The van der Waals surface area contributed by atoms with E-state index in [1.807, 2.05) is 72.1 Å². The summed E-state index contributed by atoms with van der Waals surface area (Å²) in [6, 6.07) is 0. The first-order chi connectivity index (χ1) is 18.9. The highest BCUT2D eigenvalue weighted by atomic mass is 16.6. The zero-order valence-corrected chi connectivity index (χ0v) is 27.3. The molecule has 0 aromatic rings. The fourth-order valence-electron chi connectivity index (χ4n) is 5.08. The van der Waals surface area contributed by atoms with Gasteiger partial charge in [-0.3, -0.25) is 0 Å². The molecule has 1 N–H and O–H groups in total. The standard InChI is InChI=1S/C31H58N4O6/c1-29(2,3)39-26(36)33-20-14-25(15-21-33)23-35(28(38)41-31(7,8)9)19-11-10-18-34(27(37)40-30(4,5)6)22-24-12-16-32-17-13-24/h24-25,32H,10-23H2,1-9H3. The molecule has 2 fully saturated rings. The van der Waals surface area contributed by atoms with Crippen LogP contribution in [0.2, 0.25) is 0 Å². The molecule has 3 amide bonds. The minimum absolute atomic E-state index is 0.267. The Labute approximate surface area is 248 Å². The van der Waals surface area contributed by atoms with Crippen LogP contribution in [-0.2, 0) is 14.2 Å². The second-order valence-electron chi connectivity index (χ2n) is 14.7. The molecule has 0 spiro atoms. The third-order valence-electron chi connectivity index (χ3n) is 7.09. The average Bonchev–Trinajstić information content (AvgIpc) is 2.83. The molecular weight excluding hydrogens is 524 g/mol. The first kappa shape index (κ1) is 35.0. The molecule has 2 saturated heterocycles. The number of ether oxygens (including phenoxy) is 3. The van der Waals surface area contributed by atoms with E-state index in [4.69, 9.17) is 14.2 Å². The molecule has 0 saturated carbocycles. The summed E-state index contributed by atoms with van der Waals surface area (Å²) in [6.07, 6.45) is 4.38. The van der Waals surface area contributed by atoms with Crippen molar-refractivity contribution in [1.29, 1.82) is 0 Å². The minimum Gasteiger partial charge on any atom is -0.444 e. The lowest BCUT2D eigenvalue weighted by atomic mass is 9.96. The SMILES string of the molecule is CC(C)(C)OC(=O)N1CCC(CN(CCCCN(CC2CCNCC2)C(=O)OC(C)(C)C)C(=O)OC(C)(C)C)CC1. The van der Waals surface area contributed by atoms with Gasteiger partial charge in [-0.2, -0.15) is 0 Å². The van der Waals surface area contributed by atoms with Gasteiger partial charge in [0.1, 0.15) is 16.8 Å². The zero-order chi connectivity index (χ0) is 30.8. The predicted octanol–water partition coefficient (Wildman–Crippen LogP) is 5.89. The van der Waals surface area contributed by atoms with E-state index in [-0.39, 0.29) is 24.2 Å².